The summed E-state index contributed by atoms with van der Waals surface area (Å²) in [7, 11) is 0. The Bertz CT molecular complexity index is 447. The Balaban J connectivity index is 2.22. The number of nitrogen functional groups attached to an aromatic ring is 1. The summed E-state index contributed by atoms with van der Waals surface area (Å²) in [5, 5.41) is 0.490. The Kier molecular flexibility index (Phi) is 3.29. The van der Waals surface area contributed by atoms with E-state index < -0.39 is 0 Å². The summed E-state index contributed by atoms with van der Waals surface area (Å²) in [6.07, 6.45) is 1.06. The van der Waals surface area contributed by atoms with Crippen molar-refractivity contribution in [3.05, 3.63) is 28.8 Å². The van der Waals surface area contributed by atoms with Crippen LogP contribution in [0.25, 0.3) is 0 Å². The zero-order chi connectivity index (χ0) is 12.6. The van der Waals surface area contributed by atoms with E-state index in [1.807, 2.05) is 4.90 Å². The van der Waals surface area contributed by atoms with Gasteiger partial charge in [-0.1, -0.05) is 18.5 Å². The molecular formula is C13H17ClN2O. The molecule has 2 atom stereocenters. The highest BCUT2D eigenvalue weighted by Crippen LogP contribution is 2.26. The van der Waals surface area contributed by atoms with E-state index in [-0.39, 0.29) is 5.91 Å². The fraction of sp³-hybridized carbons (Fsp3) is 0.462. The maximum absolute atomic E-state index is 12.3. The first-order valence-corrected chi connectivity index (χ1v) is 6.23. The summed E-state index contributed by atoms with van der Waals surface area (Å²) >= 11 is 5.85. The van der Waals surface area contributed by atoms with Crippen LogP contribution in [-0.4, -0.2) is 23.4 Å². The van der Waals surface area contributed by atoms with E-state index in [9.17, 15) is 4.79 Å². The Labute approximate surface area is 107 Å². The quantitative estimate of drug-likeness (QED) is 0.782. The van der Waals surface area contributed by atoms with Gasteiger partial charge in [0.15, 0.2) is 0 Å². The smallest absolute Gasteiger partial charge is 0.254 e. The van der Waals surface area contributed by atoms with Crippen molar-refractivity contribution in [1.82, 2.24) is 4.90 Å². The number of carbonyl (C=O) groups is 1. The van der Waals surface area contributed by atoms with Crippen LogP contribution in [0, 0.1) is 5.92 Å². The molecule has 0 saturated carbocycles. The van der Waals surface area contributed by atoms with E-state index in [1.54, 1.807) is 18.2 Å². The molecule has 2 unspecified atom stereocenters. The number of nitrogens with zero attached hydrogens (tertiary/aromatic N) is 1. The van der Waals surface area contributed by atoms with Crippen LogP contribution in [0.3, 0.4) is 0 Å². The molecule has 92 valence electrons. The number of nitrogens with two attached hydrogens (primary N) is 1. The van der Waals surface area contributed by atoms with Crippen LogP contribution in [-0.2, 0) is 0 Å². The predicted molar refractivity (Wildman–Crippen MR) is 70.1 cm³/mol. The van der Waals surface area contributed by atoms with Crippen molar-refractivity contribution in [3.8, 4) is 0 Å². The van der Waals surface area contributed by atoms with Gasteiger partial charge in [0.05, 0.1) is 10.7 Å². The van der Waals surface area contributed by atoms with Gasteiger partial charge in [-0.05, 0) is 37.5 Å². The maximum Gasteiger partial charge on any atom is 0.254 e. The normalized spacial score (nSPS) is 24.1. The first kappa shape index (κ1) is 12.2. The van der Waals surface area contributed by atoms with Gasteiger partial charge in [-0.15, -0.1) is 0 Å². The minimum Gasteiger partial charge on any atom is -0.398 e. The summed E-state index contributed by atoms with van der Waals surface area (Å²) in [6.45, 7) is 5.07. The summed E-state index contributed by atoms with van der Waals surface area (Å²) in [6, 6.07) is 5.36. The van der Waals surface area contributed by atoms with Gasteiger partial charge in [-0.2, -0.15) is 0 Å². The zero-order valence-corrected chi connectivity index (χ0v) is 10.9. The number of rotatable bonds is 1. The Morgan fingerprint density at radius 1 is 1.47 bits per heavy atom. The lowest BCUT2D eigenvalue weighted by Gasteiger charge is -2.21. The molecule has 1 aromatic rings. The number of likely N-dealkylation sites (tertiary alicyclic amines) is 1. The van der Waals surface area contributed by atoms with Crippen molar-refractivity contribution in [2.24, 2.45) is 5.92 Å². The molecule has 1 saturated heterocycles. The largest absolute Gasteiger partial charge is 0.398 e. The number of hydrogen-bond acceptors (Lipinski definition) is 2. The molecule has 0 bridgehead atoms. The number of anilines is 1. The molecule has 0 radical (unpaired) electrons. The zero-order valence-electron chi connectivity index (χ0n) is 10.1. The monoisotopic (exact) mass is 252 g/mol. The van der Waals surface area contributed by atoms with E-state index in [2.05, 4.69) is 13.8 Å². The molecule has 0 aromatic heterocycles. The third kappa shape index (κ3) is 2.39. The summed E-state index contributed by atoms with van der Waals surface area (Å²) in [5.41, 5.74) is 6.79. The Hall–Kier alpha value is -1.22. The lowest BCUT2D eigenvalue weighted by Crippen LogP contribution is -2.33. The first-order valence-electron chi connectivity index (χ1n) is 5.85. The van der Waals surface area contributed by atoms with Crippen LogP contribution in [0.4, 0.5) is 5.69 Å². The van der Waals surface area contributed by atoms with Crippen molar-refractivity contribution in [2.45, 2.75) is 26.3 Å². The second-order valence-electron chi connectivity index (χ2n) is 4.88. The highest BCUT2D eigenvalue weighted by atomic mass is 35.5. The maximum atomic E-state index is 12.3. The number of carbonyl (C=O) groups excluding carboxylic acids is 1. The molecule has 2 N–H and O–H groups in total. The number of amides is 1. The van der Waals surface area contributed by atoms with E-state index in [1.165, 1.54) is 0 Å². The minimum atomic E-state index is 0.0465. The van der Waals surface area contributed by atoms with Crippen LogP contribution in [0.1, 0.15) is 30.6 Å². The van der Waals surface area contributed by atoms with Crippen molar-refractivity contribution in [1.29, 1.82) is 0 Å². The number of benzene rings is 1. The molecule has 0 spiro atoms. The van der Waals surface area contributed by atoms with Gasteiger partial charge >= 0.3 is 0 Å². The highest BCUT2D eigenvalue weighted by Gasteiger charge is 2.30. The molecule has 1 aliphatic heterocycles. The molecule has 3 nitrogen and oxygen atoms in total. The topological polar surface area (TPSA) is 46.3 Å². The van der Waals surface area contributed by atoms with E-state index in [0.29, 0.717) is 28.2 Å². The summed E-state index contributed by atoms with van der Waals surface area (Å²) in [4.78, 5) is 14.2. The summed E-state index contributed by atoms with van der Waals surface area (Å²) < 4.78 is 0. The van der Waals surface area contributed by atoms with Crippen LogP contribution < -0.4 is 5.73 Å². The Morgan fingerprint density at radius 3 is 2.71 bits per heavy atom. The van der Waals surface area contributed by atoms with Gasteiger partial charge in [-0.25, -0.2) is 0 Å². The average molecular weight is 253 g/mol. The van der Waals surface area contributed by atoms with Gasteiger partial charge < -0.3 is 10.6 Å². The molecule has 1 amide bonds. The van der Waals surface area contributed by atoms with E-state index >= 15 is 0 Å². The predicted octanol–water partition coefficient (Wildman–Crippen LogP) is 2.79. The van der Waals surface area contributed by atoms with E-state index in [0.717, 1.165) is 13.0 Å². The van der Waals surface area contributed by atoms with Crippen LogP contribution in [0.5, 0.6) is 0 Å². The number of hydrogen-bond donors (Lipinski definition) is 1. The average Bonchev–Trinajstić information content (AvgIpc) is 2.61. The SMILES string of the molecule is CC1CC(C)N(C(=O)c2ccc(Cl)c(N)c2)C1. The molecule has 1 aromatic carbocycles. The van der Waals surface area contributed by atoms with Gasteiger partial charge in [0.2, 0.25) is 0 Å². The van der Waals surface area contributed by atoms with Crippen LogP contribution >= 0.6 is 11.6 Å². The molecule has 17 heavy (non-hydrogen) atoms. The fourth-order valence-corrected chi connectivity index (χ4v) is 2.54. The van der Waals surface area contributed by atoms with Crippen molar-refractivity contribution >= 4 is 23.2 Å². The lowest BCUT2D eigenvalue weighted by molar-refractivity contribution is 0.0744. The van der Waals surface area contributed by atoms with Gasteiger partial charge in [0.1, 0.15) is 0 Å². The molecule has 1 heterocycles. The lowest BCUT2D eigenvalue weighted by atomic mass is 10.1. The molecule has 0 aliphatic carbocycles. The molecule has 1 aliphatic rings. The van der Waals surface area contributed by atoms with Gasteiger partial charge in [-0.3, -0.25) is 4.79 Å². The second kappa shape index (κ2) is 4.57. The number of halogens is 1. The third-order valence-electron chi connectivity index (χ3n) is 3.29. The minimum absolute atomic E-state index is 0.0465. The van der Waals surface area contributed by atoms with Crippen LogP contribution in [0.2, 0.25) is 5.02 Å². The van der Waals surface area contributed by atoms with E-state index in [4.69, 9.17) is 17.3 Å². The third-order valence-corrected chi connectivity index (χ3v) is 3.63. The standard InChI is InChI=1S/C13H17ClN2O/c1-8-5-9(2)16(7-8)13(17)10-3-4-11(14)12(15)6-10/h3-4,6,8-9H,5,7,15H2,1-2H3. The van der Waals surface area contributed by atoms with Crippen LogP contribution in [0.15, 0.2) is 18.2 Å². The van der Waals surface area contributed by atoms with Crippen molar-refractivity contribution < 1.29 is 4.79 Å². The Morgan fingerprint density at radius 2 is 2.18 bits per heavy atom. The van der Waals surface area contributed by atoms with Gasteiger partial charge in [0, 0.05) is 18.2 Å². The van der Waals surface area contributed by atoms with Crippen molar-refractivity contribution in [2.75, 3.05) is 12.3 Å². The molecule has 1 fully saturated rings. The summed E-state index contributed by atoms with van der Waals surface area (Å²) in [5.74, 6) is 0.615. The van der Waals surface area contributed by atoms with Crippen molar-refractivity contribution in [3.63, 3.8) is 0 Å². The molecule has 4 heteroatoms. The first-order chi connectivity index (χ1) is 7.99. The molecular weight excluding hydrogens is 236 g/mol. The fourth-order valence-electron chi connectivity index (χ4n) is 2.43. The molecule has 2 rings (SSSR count). The second-order valence-corrected chi connectivity index (χ2v) is 5.29. The van der Waals surface area contributed by atoms with Gasteiger partial charge in [0.25, 0.3) is 5.91 Å². The highest BCUT2D eigenvalue weighted by molar-refractivity contribution is 6.33.